The van der Waals surface area contributed by atoms with E-state index in [0.717, 1.165) is 5.56 Å². The average Bonchev–Trinajstić information content (AvgIpc) is 2.91. The first-order valence-electron chi connectivity index (χ1n) is 11.2. The van der Waals surface area contributed by atoms with Gasteiger partial charge in [-0.2, -0.15) is 0 Å². The van der Waals surface area contributed by atoms with Crippen LogP contribution in [0.2, 0.25) is 0 Å². The zero-order valence-electron chi connectivity index (χ0n) is 18.8. The maximum absolute atomic E-state index is 12.9. The summed E-state index contributed by atoms with van der Waals surface area (Å²) in [7, 11) is 0. The lowest BCUT2D eigenvalue weighted by atomic mass is 9.98. The summed E-state index contributed by atoms with van der Waals surface area (Å²) >= 11 is 0. The van der Waals surface area contributed by atoms with Crippen molar-refractivity contribution in [2.75, 3.05) is 6.61 Å². The summed E-state index contributed by atoms with van der Waals surface area (Å²) in [4.78, 5) is 25.7. The Labute approximate surface area is 202 Å². The Balaban J connectivity index is 1.61. The number of benzene rings is 3. The van der Waals surface area contributed by atoms with Crippen molar-refractivity contribution in [3.8, 4) is 0 Å². The summed E-state index contributed by atoms with van der Waals surface area (Å²) < 4.78 is 22.9. The third kappa shape index (κ3) is 6.12. The molecule has 0 radical (unpaired) electrons. The van der Waals surface area contributed by atoms with Gasteiger partial charge in [0, 0.05) is 0 Å². The maximum atomic E-state index is 12.9. The van der Waals surface area contributed by atoms with Gasteiger partial charge in [0.2, 0.25) is 0 Å². The monoisotopic (exact) mass is 478 g/mol. The van der Waals surface area contributed by atoms with Crippen molar-refractivity contribution in [1.82, 2.24) is 0 Å². The van der Waals surface area contributed by atoms with Gasteiger partial charge in [0.05, 0.1) is 24.3 Å². The SMILES string of the molecule is O=C(O[C@H]1[C@@H](OCc2ccccc2)O[C@H](CO)[C@H](O)[C@@H]1OC(=O)c1ccccc1)c1ccccc1. The molecule has 1 aliphatic rings. The Hall–Kier alpha value is -3.56. The van der Waals surface area contributed by atoms with Crippen LogP contribution in [0.3, 0.4) is 0 Å². The van der Waals surface area contributed by atoms with Gasteiger partial charge in [-0.05, 0) is 29.8 Å². The summed E-state index contributed by atoms with van der Waals surface area (Å²) in [6, 6.07) is 25.7. The molecule has 0 bridgehead atoms. The van der Waals surface area contributed by atoms with Gasteiger partial charge in [-0.25, -0.2) is 9.59 Å². The number of aliphatic hydroxyl groups is 2. The average molecular weight is 478 g/mol. The van der Waals surface area contributed by atoms with Crippen LogP contribution in [0.4, 0.5) is 0 Å². The lowest BCUT2D eigenvalue weighted by Gasteiger charge is -2.42. The van der Waals surface area contributed by atoms with Crippen LogP contribution < -0.4 is 0 Å². The fraction of sp³-hybridized carbons (Fsp3) is 0.259. The second-order valence-corrected chi connectivity index (χ2v) is 7.98. The van der Waals surface area contributed by atoms with Gasteiger partial charge < -0.3 is 29.2 Å². The standard InChI is InChI=1S/C27H26O8/c28-16-21-22(29)23(34-25(30)19-12-6-2-7-13-19)24(35-26(31)20-14-8-3-9-15-20)27(33-21)32-17-18-10-4-1-5-11-18/h1-15,21-24,27-29H,16-17H2/t21-,22+,23+,24-,27+/m1/s1. The highest BCUT2D eigenvalue weighted by molar-refractivity contribution is 5.90. The predicted molar refractivity (Wildman–Crippen MR) is 124 cm³/mol. The third-order valence-electron chi connectivity index (χ3n) is 5.56. The summed E-state index contributed by atoms with van der Waals surface area (Å²) in [6.07, 6.45) is -6.50. The number of hydrogen-bond acceptors (Lipinski definition) is 8. The molecule has 0 spiro atoms. The van der Waals surface area contributed by atoms with Crippen molar-refractivity contribution in [2.24, 2.45) is 0 Å². The number of carbonyl (C=O) groups is 2. The first-order valence-corrected chi connectivity index (χ1v) is 11.2. The summed E-state index contributed by atoms with van der Waals surface area (Å²) in [5.41, 5.74) is 1.34. The number of carbonyl (C=O) groups excluding carboxylic acids is 2. The van der Waals surface area contributed by atoms with E-state index in [1.807, 2.05) is 30.3 Å². The Bertz CT molecular complexity index is 1090. The molecule has 3 aromatic carbocycles. The molecule has 1 heterocycles. The van der Waals surface area contributed by atoms with Gasteiger partial charge in [0.15, 0.2) is 18.5 Å². The van der Waals surface area contributed by atoms with Crippen LogP contribution in [-0.2, 0) is 25.6 Å². The Morgan fingerprint density at radius 1 is 0.743 bits per heavy atom. The van der Waals surface area contributed by atoms with Gasteiger partial charge in [-0.15, -0.1) is 0 Å². The normalized spacial score (nSPS) is 23.9. The van der Waals surface area contributed by atoms with Crippen molar-refractivity contribution < 1.29 is 38.7 Å². The molecule has 35 heavy (non-hydrogen) atoms. The predicted octanol–water partition coefficient (Wildman–Crippen LogP) is 2.73. The molecule has 1 fully saturated rings. The van der Waals surface area contributed by atoms with E-state index in [9.17, 15) is 19.8 Å². The quantitative estimate of drug-likeness (QED) is 0.476. The fourth-order valence-electron chi connectivity index (χ4n) is 3.72. The highest BCUT2D eigenvalue weighted by atomic mass is 16.7. The van der Waals surface area contributed by atoms with E-state index in [1.54, 1.807) is 60.7 Å². The molecule has 8 heteroatoms. The van der Waals surface area contributed by atoms with E-state index in [0.29, 0.717) is 0 Å². The summed E-state index contributed by atoms with van der Waals surface area (Å²) in [6.45, 7) is -0.469. The van der Waals surface area contributed by atoms with E-state index in [-0.39, 0.29) is 17.7 Å². The van der Waals surface area contributed by atoms with Crippen LogP contribution in [0, 0.1) is 0 Å². The van der Waals surface area contributed by atoms with Gasteiger partial charge >= 0.3 is 11.9 Å². The number of aliphatic hydroxyl groups excluding tert-OH is 2. The summed E-state index contributed by atoms with van der Waals surface area (Å²) in [5.74, 6) is -1.43. The topological polar surface area (TPSA) is 112 Å². The maximum Gasteiger partial charge on any atom is 0.338 e. The minimum absolute atomic E-state index is 0.0957. The second-order valence-electron chi connectivity index (χ2n) is 7.98. The van der Waals surface area contributed by atoms with Crippen LogP contribution in [0.1, 0.15) is 26.3 Å². The van der Waals surface area contributed by atoms with E-state index in [2.05, 4.69) is 0 Å². The molecule has 0 aliphatic carbocycles. The third-order valence-corrected chi connectivity index (χ3v) is 5.56. The van der Waals surface area contributed by atoms with Crippen LogP contribution in [0.25, 0.3) is 0 Å². The fourth-order valence-corrected chi connectivity index (χ4v) is 3.72. The van der Waals surface area contributed by atoms with Gasteiger partial charge in [0.25, 0.3) is 0 Å². The Kier molecular flexibility index (Phi) is 8.23. The highest BCUT2D eigenvalue weighted by Crippen LogP contribution is 2.29. The number of esters is 2. The lowest BCUT2D eigenvalue weighted by molar-refractivity contribution is -0.302. The first kappa shape index (κ1) is 24.6. The van der Waals surface area contributed by atoms with Gasteiger partial charge in [-0.3, -0.25) is 0 Å². The molecule has 1 aliphatic heterocycles. The smallest absolute Gasteiger partial charge is 0.338 e. The van der Waals surface area contributed by atoms with Gasteiger partial charge in [0.1, 0.15) is 12.2 Å². The van der Waals surface area contributed by atoms with E-state index in [4.69, 9.17) is 18.9 Å². The van der Waals surface area contributed by atoms with Crippen LogP contribution >= 0.6 is 0 Å². The molecule has 0 aromatic heterocycles. The molecule has 4 rings (SSSR count). The number of hydrogen-bond donors (Lipinski definition) is 2. The molecule has 2 N–H and O–H groups in total. The van der Waals surface area contributed by atoms with Crippen molar-refractivity contribution in [3.05, 3.63) is 108 Å². The van der Waals surface area contributed by atoms with E-state index in [1.165, 1.54) is 0 Å². The molecule has 3 aromatic rings. The second kappa shape index (κ2) is 11.7. The molecule has 0 saturated carbocycles. The molecular weight excluding hydrogens is 452 g/mol. The first-order chi connectivity index (χ1) is 17.1. The molecule has 5 atom stereocenters. The minimum Gasteiger partial charge on any atom is -0.452 e. The highest BCUT2D eigenvalue weighted by Gasteiger charge is 2.50. The Morgan fingerprint density at radius 2 is 1.23 bits per heavy atom. The lowest BCUT2D eigenvalue weighted by Crippen LogP contribution is -2.61. The van der Waals surface area contributed by atoms with Crippen molar-refractivity contribution in [2.45, 2.75) is 37.3 Å². The number of ether oxygens (including phenoxy) is 4. The van der Waals surface area contributed by atoms with Crippen LogP contribution in [0.15, 0.2) is 91.0 Å². The Morgan fingerprint density at radius 3 is 1.74 bits per heavy atom. The zero-order valence-corrected chi connectivity index (χ0v) is 18.8. The summed E-state index contributed by atoms with van der Waals surface area (Å²) in [5, 5.41) is 20.7. The molecule has 0 amide bonds. The molecule has 8 nitrogen and oxygen atoms in total. The van der Waals surface area contributed by atoms with E-state index >= 15 is 0 Å². The van der Waals surface area contributed by atoms with Gasteiger partial charge in [-0.1, -0.05) is 66.7 Å². The number of rotatable bonds is 8. The molecular formula is C27H26O8. The molecule has 182 valence electrons. The minimum atomic E-state index is -1.47. The van der Waals surface area contributed by atoms with Crippen LogP contribution in [-0.4, -0.2) is 59.5 Å². The molecule has 1 saturated heterocycles. The molecule has 0 unspecified atom stereocenters. The van der Waals surface area contributed by atoms with Crippen molar-refractivity contribution >= 4 is 11.9 Å². The largest absolute Gasteiger partial charge is 0.452 e. The van der Waals surface area contributed by atoms with Crippen molar-refractivity contribution in [3.63, 3.8) is 0 Å². The van der Waals surface area contributed by atoms with E-state index < -0.39 is 49.3 Å². The van der Waals surface area contributed by atoms with Crippen LogP contribution in [0.5, 0.6) is 0 Å². The van der Waals surface area contributed by atoms with Crippen molar-refractivity contribution in [1.29, 1.82) is 0 Å². The zero-order chi connectivity index (χ0) is 24.6.